The molecule has 0 aromatic heterocycles. The number of primary amides is 1. The van der Waals surface area contributed by atoms with E-state index in [1.54, 1.807) is 11.8 Å². The van der Waals surface area contributed by atoms with Gasteiger partial charge in [0.1, 0.15) is 6.04 Å². The predicted octanol–water partition coefficient (Wildman–Crippen LogP) is 1.98. The van der Waals surface area contributed by atoms with E-state index in [0.717, 1.165) is 12.2 Å². The van der Waals surface area contributed by atoms with Crippen LogP contribution < -0.4 is 16.4 Å². The van der Waals surface area contributed by atoms with Crippen LogP contribution in [0.3, 0.4) is 0 Å². The van der Waals surface area contributed by atoms with E-state index >= 15 is 0 Å². The number of hydrogen-bond donors (Lipinski definition) is 3. The van der Waals surface area contributed by atoms with Gasteiger partial charge in [-0.05, 0) is 18.1 Å². The van der Waals surface area contributed by atoms with Crippen LogP contribution >= 0.6 is 11.8 Å². The third kappa shape index (κ3) is 6.53. The second kappa shape index (κ2) is 9.28. The van der Waals surface area contributed by atoms with Gasteiger partial charge in [0.15, 0.2) is 0 Å². The van der Waals surface area contributed by atoms with Gasteiger partial charge in [0.2, 0.25) is 5.91 Å². The van der Waals surface area contributed by atoms with E-state index in [4.69, 9.17) is 5.73 Å². The van der Waals surface area contributed by atoms with E-state index < -0.39 is 12.1 Å². The van der Waals surface area contributed by atoms with Crippen LogP contribution in [0, 0.1) is 5.92 Å². The molecule has 0 aliphatic rings. The number of urea groups is 1. The average Bonchev–Trinajstić information content (AvgIpc) is 2.49. The number of thioether (sulfide) groups is 1. The monoisotopic (exact) mass is 309 g/mol. The molecule has 0 heterocycles. The first-order valence-corrected chi connectivity index (χ1v) is 8.04. The highest BCUT2D eigenvalue weighted by atomic mass is 32.2. The Hall–Kier alpha value is -1.69. The molecule has 6 heteroatoms. The summed E-state index contributed by atoms with van der Waals surface area (Å²) in [6, 6.07) is 8.75. The predicted molar refractivity (Wildman–Crippen MR) is 86.1 cm³/mol. The molecule has 0 saturated carbocycles. The Labute approximate surface area is 130 Å². The number of carbonyl (C=O) groups is 2. The minimum atomic E-state index is -0.672. The van der Waals surface area contributed by atoms with Crippen LogP contribution in [-0.2, 0) is 4.79 Å². The van der Waals surface area contributed by atoms with Gasteiger partial charge in [-0.2, -0.15) is 0 Å². The maximum Gasteiger partial charge on any atom is 0.312 e. The quantitative estimate of drug-likeness (QED) is 0.507. The largest absolute Gasteiger partial charge is 0.353 e. The lowest BCUT2D eigenvalue weighted by Crippen LogP contribution is -2.52. The van der Waals surface area contributed by atoms with Crippen molar-refractivity contribution in [3.8, 4) is 0 Å². The fourth-order valence-electron chi connectivity index (χ4n) is 1.82. The molecule has 0 aliphatic carbocycles. The summed E-state index contributed by atoms with van der Waals surface area (Å²) in [7, 11) is 0. The SMILES string of the molecule is CC[C@H](C)[C@H](NC(N)=O)C(=O)NCCSc1ccccc1. The van der Waals surface area contributed by atoms with Crippen LogP contribution in [0.1, 0.15) is 20.3 Å². The van der Waals surface area contributed by atoms with Crippen LogP contribution in [0.4, 0.5) is 4.79 Å². The van der Waals surface area contributed by atoms with Crippen molar-refractivity contribution in [3.05, 3.63) is 30.3 Å². The molecular weight excluding hydrogens is 286 g/mol. The first-order chi connectivity index (χ1) is 10.0. The lowest BCUT2D eigenvalue weighted by atomic mass is 9.98. The van der Waals surface area contributed by atoms with Gasteiger partial charge in [0, 0.05) is 17.2 Å². The van der Waals surface area contributed by atoms with Gasteiger partial charge in [-0.3, -0.25) is 4.79 Å². The number of hydrogen-bond acceptors (Lipinski definition) is 3. The fourth-order valence-corrected chi connectivity index (χ4v) is 2.61. The van der Waals surface area contributed by atoms with E-state index in [1.165, 1.54) is 4.90 Å². The molecule has 0 spiro atoms. The standard InChI is InChI=1S/C15H23N3O2S/c1-3-11(2)13(18-15(16)20)14(19)17-9-10-21-12-7-5-4-6-8-12/h4-8,11,13H,3,9-10H2,1-2H3,(H,17,19)(H3,16,18,20)/t11-,13-/m0/s1. The molecule has 1 aromatic carbocycles. The van der Waals surface area contributed by atoms with Gasteiger partial charge in [-0.15, -0.1) is 11.8 Å². The summed E-state index contributed by atoms with van der Waals surface area (Å²) in [5.74, 6) is 0.635. The van der Waals surface area contributed by atoms with Crippen molar-refractivity contribution in [2.24, 2.45) is 11.7 Å². The van der Waals surface area contributed by atoms with Gasteiger partial charge >= 0.3 is 6.03 Å². The van der Waals surface area contributed by atoms with Crippen molar-refractivity contribution >= 4 is 23.7 Å². The number of nitrogens with one attached hydrogen (secondary N) is 2. The van der Waals surface area contributed by atoms with Crippen LogP contribution in [0.5, 0.6) is 0 Å². The highest BCUT2D eigenvalue weighted by Gasteiger charge is 2.24. The molecule has 0 saturated heterocycles. The molecule has 116 valence electrons. The summed E-state index contributed by atoms with van der Waals surface area (Å²) in [5, 5.41) is 5.35. The molecule has 0 radical (unpaired) electrons. The van der Waals surface area contributed by atoms with E-state index in [2.05, 4.69) is 10.6 Å². The molecule has 0 fully saturated rings. The van der Waals surface area contributed by atoms with E-state index in [9.17, 15) is 9.59 Å². The van der Waals surface area contributed by atoms with Crippen molar-refractivity contribution in [3.63, 3.8) is 0 Å². The normalized spacial score (nSPS) is 13.2. The molecule has 3 amide bonds. The molecule has 0 aliphatic heterocycles. The summed E-state index contributed by atoms with van der Waals surface area (Å²) in [5.41, 5.74) is 5.12. The third-order valence-electron chi connectivity index (χ3n) is 3.21. The lowest BCUT2D eigenvalue weighted by Gasteiger charge is -2.22. The number of benzene rings is 1. The van der Waals surface area contributed by atoms with E-state index in [1.807, 2.05) is 44.2 Å². The molecule has 1 rings (SSSR count). The first kappa shape index (κ1) is 17.4. The van der Waals surface area contributed by atoms with Crippen LogP contribution in [0.15, 0.2) is 35.2 Å². The highest BCUT2D eigenvalue weighted by molar-refractivity contribution is 7.99. The van der Waals surface area contributed by atoms with Crippen molar-refractivity contribution < 1.29 is 9.59 Å². The smallest absolute Gasteiger partial charge is 0.312 e. The lowest BCUT2D eigenvalue weighted by molar-refractivity contribution is -0.123. The zero-order chi connectivity index (χ0) is 15.7. The van der Waals surface area contributed by atoms with E-state index in [0.29, 0.717) is 6.54 Å². The number of amides is 3. The summed E-state index contributed by atoms with van der Waals surface area (Å²) in [6.07, 6.45) is 0.789. The van der Waals surface area contributed by atoms with E-state index in [-0.39, 0.29) is 11.8 Å². The van der Waals surface area contributed by atoms with Crippen molar-refractivity contribution in [2.45, 2.75) is 31.2 Å². The minimum absolute atomic E-state index is 0.0410. The van der Waals surface area contributed by atoms with Gasteiger partial charge in [0.05, 0.1) is 0 Å². The first-order valence-electron chi connectivity index (χ1n) is 7.06. The Bertz CT molecular complexity index is 453. The fraction of sp³-hybridized carbons (Fsp3) is 0.467. The Morgan fingerprint density at radius 2 is 1.95 bits per heavy atom. The maximum atomic E-state index is 12.1. The Kier molecular flexibility index (Phi) is 7.68. The second-order valence-corrected chi connectivity index (χ2v) is 5.99. The summed E-state index contributed by atoms with van der Waals surface area (Å²) >= 11 is 1.68. The van der Waals surface area contributed by atoms with Crippen LogP contribution in [-0.4, -0.2) is 30.3 Å². The maximum absolute atomic E-state index is 12.1. The van der Waals surface area contributed by atoms with Gasteiger partial charge in [-0.1, -0.05) is 38.5 Å². The topological polar surface area (TPSA) is 84.2 Å². The number of nitrogens with two attached hydrogens (primary N) is 1. The molecular formula is C15H23N3O2S. The minimum Gasteiger partial charge on any atom is -0.353 e. The van der Waals surface area contributed by atoms with Gasteiger partial charge < -0.3 is 16.4 Å². The molecule has 4 N–H and O–H groups in total. The highest BCUT2D eigenvalue weighted by Crippen LogP contribution is 2.15. The van der Waals surface area contributed by atoms with Crippen molar-refractivity contribution in [1.29, 1.82) is 0 Å². The number of rotatable bonds is 8. The van der Waals surface area contributed by atoms with Crippen LogP contribution in [0.2, 0.25) is 0 Å². The second-order valence-electron chi connectivity index (χ2n) is 4.82. The summed E-state index contributed by atoms with van der Waals surface area (Å²) in [4.78, 5) is 24.2. The molecule has 0 bridgehead atoms. The van der Waals surface area contributed by atoms with Crippen molar-refractivity contribution in [2.75, 3.05) is 12.3 Å². The molecule has 21 heavy (non-hydrogen) atoms. The average molecular weight is 309 g/mol. The van der Waals surface area contributed by atoms with Gasteiger partial charge in [0.25, 0.3) is 0 Å². The zero-order valence-corrected chi connectivity index (χ0v) is 13.3. The molecule has 1 aromatic rings. The van der Waals surface area contributed by atoms with Gasteiger partial charge in [-0.25, -0.2) is 4.79 Å². The Morgan fingerprint density at radius 1 is 1.29 bits per heavy atom. The van der Waals surface area contributed by atoms with Crippen molar-refractivity contribution in [1.82, 2.24) is 10.6 Å². The zero-order valence-electron chi connectivity index (χ0n) is 12.5. The van der Waals surface area contributed by atoms with Crippen LogP contribution in [0.25, 0.3) is 0 Å². The Morgan fingerprint density at radius 3 is 2.52 bits per heavy atom. The molecule has 2 atom stereocenters. The molecule has 5 nitrogen and oxygen atoms in total. The molecule has 0 unspecified atom stereocenters. The Balaban J connectivity index is 2.37. The third-order valence-corrected chi connectivity index (χ3v) is 4.22. The summed E-state index contributed by atoms with van der Waals surface area (Å²) in [6.45, 7) is 4.43. The summed E-state index contributed by atoms with van der Waals surface area (Å²) < 4.78 is 0. The number of carbonyl (C=O) groups excluding carboxylic acids is 2.